The Morgan fingerprint density at radius 2 is 1.46 bits per heavy atom. The Labute approximate surface area is 173 Å². The largest absolute Gasteiger partial charge is 0.390 e. The van der Waals surface area contributed by atoms with Gasteiger partial charge in [-0.2, -0.15) is 0 Å². The third kappa shape index (κ3) is 8.45. The first-order chi connectivity index (χ1) is 13.8. The lowest BCUT2D eigenvalue weighted by molar-refractivity contribution is -0.843. The summed E-state index contributed by atoms with van der Waals surface area (Å²) in [6, 6.07) is 8.90. The zero-order valence-electron chi connectivity index (χ0n) is 18.2. The highest BCUT2D eigenvalue weighted by atomic mass is 16.3. The number of hydrogen-bond acceptors (Lipinski definition) is 2. The van der Waals surface area contributed by atoms with Gasteiger partial charge in [-0.05, 0) is 18.4 Å². The van der Waals surface area contributed by atoms with E-state index in [1.807, 2.05) is 0 Å². The van der Waals surface area contributed by atoms with Crippen LogP contribution in [0.3, 0.4) is 0 Å². The van der Waals surface area contributed by atoms with Crippen molar-refractivity contribution in [2.24, 2.45) is 4.99 Å². The number of aliphatic imine (C=N–C) groups is 1. The fourth-order valence-electron chi connectivity index (χ4n) is 4.39. The summed E-state index contributed by atoms with van der Waals surface area (Å²) in [5, 5.41) is 9.48. The minimum absolute atomic E-state index is 0.229. The van der Waals surface area contributed by atoms with Gasteiger partial charge in [0, 0.05) is 5.56 Å². The van der Waals surface area contributed by atoms with Crippen molar-refractivity contribution in [3.63, 3.8) is 0 Å². The summed E-state index contributed by atoms with van der Waals surface area (Å²) in [7, 11) is 0. The van der Waals surface area contributed by atoms with Crippen LogP contribution >= 0.6 is 0 Å². The molecule has 1 aromatic carbocycles. The summed E-state index contributed by atoms with van der Waals surface area (Å²) in [4.78, 5) is 4.45. The molecule has 0 saturated heterocycles. The van der Waals surface area contributed by atoms with Gasteiger partial charge < -0.3 is 5.11 Å². The lowest BCUT2D eigenvalue weighted by Crippen LogP contribution is -2.46. The fourth-order valence-corrected chi connectivity index (χ4v) is 4.39. The first-order valence-electron chi connectivity index (χ1n) is 11.8. The standard InChI is InChI=1S/C25H43N2O/c1-2-3-4-5-6-7-8-9-10-11-12-15-24-16-13-14-17-25(24)22-27(20-21-28)19-18-26-23-27/h13-14,16-17,23,28H,2-12,15,18-22H2,1H3/q+1. The quantitative estimate of drug-likeness (QED) is 0.278. The predicted molar refractivity (Wildman–Crippen MR) is 121 cm³/mol. The number of aliphatic hydroxyl groups is 1. The normalized spacial score (nSPS) is 18.8. The van der Waals surface area contributed by atoms with E-state index >= 15 is 0 Å². The zero-order chi connectivity index (χ0) is 19.9. The number of benzene rings is 1. The van der Waals surface area contributed by atoms with E-state index < -0.39 is 0 Å². The number of rotatable bonds is 16. The Bertz CT molecular complexity index is 557. The van der Waals surface area contributed by atoms with E-state index in [0.717, 1.165) is 30.7 Å². The van der Waals surface area contributed by atoms with E-state index in [4.69, 9.17) is 0 Å². The third-order valence-electron chi connectivity index (χ3n) is 6.20. The van der Waals surface area contributed by atoms with Crippen LogP contribution in [-0.4, -0.2) is 42.2 Å². The summed E-state index contributed by atoms with van der Waals surface area (Å²) < 4.78 is 0.811. The van der Waals surface area contributed by atoms with Gasteiger partial charge in [0.25, 0.3) is 0 Å². The van der Waals surface area contributed by atoms with Crippen molar-refractivity contribution in [1.82, 2.24) is 0 Å². The lowest BCUT2D eigenvalue weighted by Gasteiger charge is -2.30. The number of quaternary nitrogens is 1. The molecule has 1 N–H and O–H groups in total. The molecule has 1 atom stereocenters. The summed E-state index contributed by atoms with van der Waals surface area (Å²) in [6.45, 7) is 6.17. The van der Waals surface area contributed by atoms with Crippen molar-refractivity contribution in [2.45, 2.75) is 90.5 Å². The van der Waals surface area contributed by atoms with E-state index in [0.29, 0.717) is 0 Å². The Morgan fingerprint density at radius 3 is 2.04 bits per heavy atom. The molecule has 0 saturated carbocycles. The molecule has 0 bridgehead atoms. The molecule has 1 aliphatic rings. The molecule has 0 aliphatic carbocycles. The van der Waals surface area contributed by atoms with Crippen molar-refractivity contribution in [3.8, 4) is 0 Å². The van der Waals surface area contributed by atoms with Crippen LogP contribution in [-0.2, 0) is 13.0 Å². The molecule has 3 heteroatoms. The van der Waals surface area contributed by atoms with Crippen LogP contribution in [0.2, 0.25) is 0 Å². The van der Waals surface area contributed by atoms with Gasteiger partial charge in [-0.15, -0.1) is 0 Å². The molecule has 2 rings (SSSR count). The topological polar surface area (TPSA) is 32.6 Å². The molecule has 28 heavy (non-hydrogen) atoms. The molecule has 1 unspecified atom stereocenters. The lowest BCUT2D eigenvalue weighted by atomic mass is 9.99. The van der Waals surface area contributed by atoms with Crippen LogP contribution in [0.5, 0.6) is 0 Å². The minimum atomic E-state index is 0.229. The molecular weight excluding hydrogens is 344 g/mol. The summed E-state index contributed by atoms with van der Waals surface area (Å²) >= 11 is 0. The van der Waals surface area contributed by atoms with Crippen LogP contribution < -0.4 is 0 Å². The number of unbranched alkanes of at least 4 members (excludes halogenated alkanes) is 10. The molecule has 0 amide bonds. The van der Waals surface area contributed by atoms with Crippen LogP contribution in [0.1, 0.15) is 88.7 Å². The van der Waals surface area contributed by atoms with Gasteiger partial charge in [-0.1, -0.05) is 95.4 Å². The van der Waals surface area contributed by atoms with Gasteiger partial charge in [0.2, 0.25) is 0 Å². The smallest absolute Gasteiger partial charge is 0.185 e. The molecule has 1 aromatic rings. The van der Waals surface area contributed by atoms with Crippen molar-refractivity contribution >= 4 is 6.34 Å². The molecule has 0 aromatic heterocycles. The monoisotopic (exact) mass is 387 g/mol. The Kier molecular flexibility index (Phi) is 11.5. The van der Waals surface area contributed by atoms with Crippen LogP contribution in [0.4, 0.5) is 0 Å². The predicted octanol–water partition coefficient (Wildman–Crippen LogP) is 5.89. The maximum absolute atomic E-state index is 9.48. The highest BCUT2D eigenvalue weighted by Gasteiger charge is 2.29. The zero-order valence-corrected chi connectivity index (χ0v) is 18.2. The van der Waals surface area contributed by atoms with Gasteiger partial charge in [-0.3, -0.25) is 4.48 Å². The van der Waals surface area contributed by atoms with Gasteiger partial charge in [0.1, 0.15) is 19.6 Å². The van der Waals surface area contributed by atoms with Gasteiger partial charge in [0.05, 0.1) is 13.2 Å². The second-order valence-corrected chi connectivity index (χ2v) is 8.62. The van der Waals surface area contributed by atoms with Crippen molar-refractivity contribution in [3.05, 3.63) is 35.4 Å². The molecule has 1 heterocycles. The van der Waals surface area contributed by atoms with Gasteiger partial charge in [0.15, 0.2) is 6.34 Å². The average Bonchev–Trinajstić information content (AvgIpc) is 3.16. The van der Waals surface area contributed by atoms with Gasteiger partial charge in [-0.25, -0.2) is 4.99 Å². The second kappa shape index (κ2) is 13.9. The Hall–Kier alpha value is -1.19. The van der Waals surface area contributed by atoms with E-state index in [1.54, 1.807) is 0 Å². The Morgan fingerprint density at radius 1 is 0.857 bits per heavy atom. The van der Waals surface area contributed by atoms with E-state index in [2.05, 4.69) is 42.5 Å². The second-order valence-electron chi connectivity index (χ2n) is 8.62. The number of nitrogens with zero attached hydrogens (tertiary/aromatic N) is 2. The van der Waals surface area contributed by atoms with E-state index in [1.165, 1.54) is 88.2 Å². The van der Waals surface area contributed by atoms with Crippen molar-refractivity contribution in [1.29, 1.82) is 0 Å². The van der Waals surface area contributed by atoms with Crippen LogP contribution in [0.15, 0.2) is 29.3 Å². The fraction of sp³-hybridized carbons (Fsp3) is 0.720. The molecule has 1 aliphatic heterocycles. The number of aliphatic hydroxyl groups excluding tert-OH is 1. The first-order valence-corrected chi connectivity index (χ1v) is 11.8. The third-order valence-corrected chi connectivity index (χ3v) is 6.20. The minimum Gasteiger partial charge on any atom is -0.390 e. The van der Waals surface area contributed by atoms with Crippen molar-refractivity contribution < 1.29 is 9.59 Å². The van der Waals surface area contributed by atoms with E-state index in [9.17, 15) is 5.11 Å². The molecule has 158 valence electrons. The molecule has 0 radical (unpaired) electrons. The summed E-state index contributed by atoms with van der Waals surface area (Å²) in [6.07, 6.45) is 18.6. The summed E-state index contributed by atoms with van der Waals surface area (Å²) in [5.41, 5.74) is 2.94. The highest BCUT2D eigenvalue weighted by molar-refractivity contribution is 5.48. The maximum Gasteiger partial charge on any atom is 0.185 e. The summed E-state index contributed by atoms with van der Waals surface area (Å²) in [5.74, 6) is 0. The average molecular weight is 388 g/mol. The van der Waals surface area contributed by atoms with Crippen molar-refractivity contribution in [2.75, 3.05) is 26.2 Å². The molecular formula is C25H43N2O+. The van der Waals surface area contributed by atoms with Gasteiger partial charge >= 0.3 is 0 Å². The molecule has 3 nitrogen and oxygen atoms in total. The van der Waals surface area contributed by atoms with E-state index in [-0.39, 0.29) is 6.61 Å². The number of aryl methyl sites for hydroxylation is 1. The Balaban J connectivity index is 1.65. The SMILES string of the molecule is CCCCCCCCCCCCCc1ccccc1C[N+]1(CCO)C=NCC1. The maximum atomic E-state index is 9.48. The molecule has 0 spiro atoms. The van der Waals surface area contributed by atoms with Crippen LogP contribution in [0, 0.1) is 0 Å². The number of hydrogen-bond donors (Lipinski definition) is 1. The van der Waals surface area contributed by atoms with Crippen LogP contribution in [0.25, 0.3) is 0 Å². The first kappa shape index (κ1) is 23.1. The molecule has 0 fully saturated rings. The highest BCUT2D eigenvalue weighted by Crippen LogP contribution is 2.21.